The molecule has 2 fully saturated rings. The number of urea groups is 1. The number of carboxylic acids is 1. The molecule has 0 radical (unpaired) electrons. The fourth-order valence-electron chi connectivity index (χ4n) is 2.44. The summed E-state index contributed by atoms with van der Waals surface area (Å²) in [6.07, 6.45) is 2.94. The van der Waals surface area contributed by atoms with Gasteiger partial charge in [0.1, 0.15) is 0 Å². The van der Waals surface area contributed by atoms with E-state index in [0.717, 1.165) is 12.8 Å². The Balaban J connectivity index is 1.85. The van der Waals surface area contributed by atoms with Gasteiger partial charge in [-0.25, -0.2) is 4.79 Å². The molecule has 3 amide bonds. The third-order valence-corrected chi connectivity index (χ3v) is 3.77. The third kappa shape index (κ3) is 3.85. The topological polar surface area (TPSA) is 90.0 Å². The number of aliphatic carboxylic acids is 1. The first kappa shape index (κ1) is 14.6. The lowest BCUT2D eigenvalue weighted by Crippen LogP contribution is -2.52. The Bertz CT molecular complexity index is 408. The number of amides is 3. The lowest BCUT2D eigenvalue weighted by molar-refractivity contribution is -0.137. The summed E-state index contributed by atoms with van der Waals surface area (Å²) in [4.78, 5) is 37.5. The van der Waals surface area contributed by atoms with E-state index in [1.807, 2.05) is 0 Å². The van der Waals surface area contributed by atoms with Crippen molar-refractivity contribution in [2.45, 2.75) is 44.2 Å². The minimum Gasteiger partial charge on any atom is -0.481 e. The quantitative estimate of drug-likeness (QED) is 0.757. The number of hydrogen-bond acceptors (Lipinski definition) is 3. The number of nitrogens with one attached hydrogen (secondary N) is 1. The van der Waals surface area contributed by atoms with Crippen molar-refractivity contribution in [3.63, 3.8) is 0 Å². The molecule has 2 N–H and O–H groups in total. The molecule has 2 rings (SSSR count). The highest BCUT2D eigenvalue weighted by molar-refractivity contribution is 5.79. The van der Waals surface area contributed by atoms with E-state index in [4.69, 9.17) is 5.11 Å². The Morgan fingerprint density at radius 2 is 2.10 bits per heavy atom. The molecule has 7 heteroatoms. The average Bonchev–Trinajstić information content (AvgIpc) is 3.18. The summed E-state index contributed by atoms with van der Waals surface area (Å²) in [6, 6.07) is -0.0740. The van der Waals surface area contributed by atoms with Crippen LogP contribution in [0.15, 0.2) is 0 Å². The molecule has 0 aromatic carbocycles. The van der Waals surface area contributed by atoms with Crippen LogP contribution in [-0.2, 0) is 9.59 Å². The molecule has 20 heavy (non-hydrogen) atoms. The van der Waals surface area contributed by atoms with Crippen molar-refractivity contribution in [2.24, 2.45) is 0 Å². The number of carbonyl (C=O) groups excluding carboxylic acids is 2. The van der Waals surface area contributed by atoms with Crippen LogP contribution in [0.25, 0.3) is 0 Å². The van der Waals surface area contributed by atoms with Crippen molar-refractivity contribution in [1.82, 2.24) is 15.1 Å². The predicted molar refractivity (Wildman–Crippen MR) is 71.2 cm³/mol. The Labute approximate surface area is 117 Å². The molecule has 1 aliphatic heterocycles. The predicted octanol–water partition coefficient (Wildman–Crippen LogP) is 0.256. The van der Waals surface area contributed by atoms with Crippen LogP contribution in [0.4, 0.5) is 4.79 Å². The zero-order valence-corrected chi connectivity index (χ0v) is 11.7. The second kappa shape index (κ2) is 6.11. The number of carboxylic acid groups (broad SMARTS) is 1. The summed E-state index contributed by atoms with van der Waals surface area (Å²) in [6.45, 7) is 0.759. The van der Waals surface area contributed by atoms with Gasteiger partial charge in [0, 0.05) is 38.6 Å². The molecule has 1 unspecified atom stereocenters. The summed E-state index contributed by atoms with van der Waals surface area (Å²) < 4.78 is 0. The lowest BCUT2D eigenvalue weighted by Gasteiger charge is -2.32. The largest absolute Gasteiger partial charge is 0.481 e. The Morgan fingerprint density at radius 1 is 1.40 bits per heavy atom. The van der Waals surface area contributed by atoms with Gasteiger partial charge >= 0.3 is 12.0 Å². The summed E-state index contributed by atoms with van der Waals surface area (Å²) in [5.74, 6) is -0.799. The zero-order chi connectivity index (χ0) is 14.7. The van der Waals surface area contributed by atoms with Gasteiger partial charge < -0.3 is 20.2 Å². The van der Waals surface area contributed by atoms with Gasteiger partial charge in [-0.2, -0.15) is 0 Å². The molecule has 7 nitrogen and oxygen atoms in total. The molecule has 1 atom stereocenters. The molecule has 1 heterocycles. The number of likely N-dealkylation sites (tertiary alicyclic amines) is 1. The van der Waals surface area contributed by atoms with E-state index in [1.165, 1.54) is 0 Å². The molecule has 0 aromatic heterocycles. The SMILES string of the molecule is CN1CC(NC(=O)N(CCC(=O)O)C2CC2)CCC1=O. The molecule has 0 spiro atoms. The van der Waals surface area contributed by atoms with Gasteiger partial charge in [0.05, 0.1) is 6.42 Å². The van der Waals surface area contributed by atoms with Crippen LogP contribution in [0.2, 0.25) is 0 Å². The van der Waals surface area contributed by atoms with Gasteiger partial charge in [-0.3, -0.25) is 9.59 Å². The van der Waals surface area contributed by atoms with Crippen molar-refractivity contribution in [3.8, 4) is 0 Å². The Hall–Kier alpha value is -1.79. The van der Waals surface area contributed by atoms with Crippen molar-refractivity contribution in [3.05, 3.63) is 0 Å². The third-order valence-electron chi connectivity index (χ3n) is 3.77. The number of likely N-dealkylation sites (N-methyl/N-ethyl adjacent to an activating group) is 1. The summed E-state index contributed by atoms with van der Waals surface area (Å²) >= 11 is 0. The molecular formula is C13H21N3O4. The molecular weight excluding hydrogens is 262 g/mol. The maximum Gasteiger partial charge on any atom is 0.317 e. The maximum absolute atomic E-state index is 12.2. The second-order valence-electron chi connectivity index (χ2n) is 5.53. The van der Waals surface area contributed by atoms with Crippen molar-refractivity contribution in [1.29, 1.82) is 0 Å². The average molecular weight is 283 g/mol. The second-order valence-corrected chi connectivity index (χ2v) is 5.53. The van der Waals surface area contributed by atoms with Crippen LogP contribution in [-0.4, -0.2) is 65.0 Å². The number of hydrogen-bond donors (Lipinski definition) is 2. The van der Waals surface area contributed by atoms with Crippen LogP contribution in [0.5, 0.6) is 0 Å². The summed E-state index contributed by atoms with van der Waals surface area (Å²) in [5.41, 5.74) is 0. The van der Waals surface area contributed by atoms with E-state index in [-0.39, 0.29) is 37.0 Å². The fraction of sp³-hybridized carbons (Fsp3) is 0.769. The maximum atomic E-state index is 12.2. The lowest BCUT2D eigenvalue weighted by atomic mass is 10.1. The van der Waals surface area contributed by atoms with Crippen LogP contribution >= 0.6 is 0 Å². The van der Waals surface area contributed by atoms with Crippen molar-refractivity contribution in [2.75, 3.05) is 20.1 Å². The van der Waals surface area contributed by atoms with Crippen LogP contribution in [0.1, 0.15) is 32.1 Å². The molecule has 0 aromatic rings. The van der Waals surface area contributed by atoms with Gasteiger partial charge in [-0.15, -0.1) is 0 Å². The fourth-order valence-corrected chi connectivity index (χ4v) is 2.44. The minimum atomic E-state index is -0.897. The normalized spacial score (nSPS) is 22.6. The standard InChI is InChI=1S/C13H21N3O4/c1-15-8-9(2-5-11(15)17)14-13(20)16(10-3-4-10)7-6-12(18)19/h9-10H,2-8H2,1H3,(H,14,20)(H,18,19). The summed E-state index contributed by atoms with van der Waals surface area (Å²) in [7, 11) is 1.73. The molecule has 112 valence electrons. The van der Waals surface area contributed by atoms with Gasteiger partial charge in [-0.1, -0.05) is 0 Å². The first-order valence-corrected chi connectivity index (χ1v) is 7.00. The van der Waals surface area contributed by atoms with E-state index in [1.54, 1.807) is 16.8 Å². The number of nitrogens with zero attached hydrogens (tertiary/aromatic N) is 2. The van der Waals surface area contributed by atoms with Gasteiger partial charge in [0.2, 0.25) is 5.91 Å². The van der Waals surface area contributed by atoms with Crippen LogP contribution in [0.3, 0.4) is 0 Å². The van der Waals surface area contributed by atoms with E-state index < -0.39 is 5.97 Å². The first-order valence-electron chi connectivity index (χ1n) is 7.00. The van der Waals surface area contributed by atoms with Crippen molar-refractivity contribution < 1.29 is 19.5 Å². The smallest absolute Gasteiger partial charge is 0.317 e. The van der Waals surface area contributed by atoms with Crippen LogP contribution in [0, 0.1) is 0 Å². The minimum absolute atomic E-state index is 0.0347. The van der Waals surface area contributed by atoms with Crippen molar-refractivity contribution >= 4 is 17.9 Å². The number of carbonyl (C=O) groups is 3. The van der Waals surface area contributed by atoms with Crippen LogP contribution < -0.4 is 5.32 Å². The molecule has 1 saturated heterocycles. The van der Waals surface area contributed by atoms with E-state index in [2.05, 4.69) is 5.32 Å². The number of rotatable bonds is 5. The van der Waals surface area contributed by atoms with Gasteiger partial charge in [-0.05, 0) is 19.3 Å². The molecule has 1 aliphatic carbocycles. The zero-order valence-electron chi connectivity index (χ0n) is 11.7. The van der Waals surface area contributed by atoms with Gasteiger partial charge in [0.25, 0.3) is 0 Å². The summed E-state index contributed by atoms with van der Waals surface area (Å²) in [5, 5.41) is 11.6. The first-order chi connectivity index (χ1) is 9.47. The highest BCUT2D eigenvalue weighted by atomic mass is 16.4. The molecule has 0 bridgehead atoms. The highest BCUT2D eigenvalue weighted by Crippen LogP contribution is 2.27. The van der Waals surface area contributed by atoms with Gasteiger partial charge in [0.15, 0.2) is 0 Å². The Morgan fingerprint density at radius 3 is 2.65 bits per heavy atom. The van der Waals surface area contributed by atoms with E-state index >= 15 is 0 Å². The molecule has 2 aliphatic rings. The Kier molecular flexibility index (Phi) is 4.46. The highest BCUT2D eigenvalue weighted by Gasteiger charge is 2.34. The molecule has 1 saturated carbocycles. The van der Waals surface area contributed by atoms with E-state index in [9.17, 15) is 14.4 Å². The van der Waals surface area contributed by atoms with E-state index in [0.29, 0.717) is 19.4 Å². The monoisotopic (exact) mass is 283 g/mol. The number of piperidine rings is 1.